The first-order valence-electron chi connectivity index (χ1n) is 12.9. The lowest BCUT2D eigenvalue weighted by Gasteiger charge is -2.42. The minimum atomic E-state index is -0.747. The number of carbonyl (C=O) groups excluding carboxylic acids is 3. The van der Waals surface area contributed by atoms with Gasteiger partial charge in [0.25, 0.3) is 0 Å². The average Bonchev–Trinajstić information content (AvgIpc) is 2.80. The number of amides is 2. The molecule has 0 aliphatic carbocycles. The molecule has 1 saturated heterocycles. The van der Waals surface area contributed by atoms with Gasteiger partial charge in [0.1, 0.15) is 17.9 Å². The number of guanidine groups is 1. The Morgan fingerprint density at radius 3 is 2.44 bits per heavy atom. The van der Waals surface area contributed by atoms with Gasteiger partial charge in [-0.1, -0.05) is 6.42 Å². The molecule has 1 aliphatic heterocycles. The van der Waals surface area contributed by atoms with E-state index in [2.05, 4.69) is 20.9 Å². The van der Waals surface area contributed by atoms with E-state index in [1.54, 1.807) is 27.9 Å². The molecule has 2 unspecified atom stereocenters. The van der Waals surface area contributed by atoms with E-state index in [9.17, 15) is 14.4 Å². The molecule has 1 aliphatic rings. The van der Waals surface area contributed by atoms with Crippen LogP contribution in [0.5, 0.6) is 0 Å². The van der Waals surface area contributed by atoms with Gasteiger partial charge >= 0.3 is 0 Å². The number of likely N-dealkylation sites (tertiary alicyclic amines) is 1. The van der Waals surface area contributed by atoms with Gasteiger partial charge in [0, 0.05) is 26.6 Å². The lowest BCUT2D eigenvalue weighted by molar-refractivity contribution is -0.133. The highest BCUT2D eigenvalue weighted by molar-refractivity contribution is 5.89. The third kappa shape index (κ3) is 11.7. The minimum Gasteiger partial charge on any atom is -0.374 e. The molecule has 5 N–H and O–H groups in total. The van der Waals surface area contributed by atoms with Crippen LogP contribution in [-0.2, 0) is 23.9 Å². The van der Waals surface area contributed by atoms with Crippen molar-refractivity contribution in [1.29, 1.82) is 0 Å². The van der Waals surface area contributed by atoms with Gasteiger partial charge in [-0.2, -0.15) is 0 Å². The van der Waals surface area contributed by atoms with E-state index in [1.165, 1.54) is 0 Å². The Morgan fingerprint density at radius 1 is 1.17 bits per heavy atom. The molecule has 36 heavy (non-hydrogen) atoms. The van der Waals surface area contributed by atoms with E-state index in [4.69, 9.17) is 15.2 Å². The molecule has 0 spiro atoms. The molecule has 2 amide bonds. The van der Waals surface area contributed by atoms with Crippen LogP contribution in [0, 0.1) is 0 Å². The molecule has 1 rings (SSSR count). The molecule has 0 aromatic rings. The topological polar surface area (TPSA) is 147 Å². The van der Waals surface area contributed by atoms with Crippen molar-refractivity contribution in [3.8, 4) is 0 Å². The van der Waals surface area contributed by atoms with Crippen LogP contribution >= 0.6 is 0 Å². The quantitative estimate of drug-likeness (QED) is 0.153. The summed E-state index contributed by atoms with van der Waals surface area (Å²) in [4.78, 5) is 42.8. The van der Waals surface area contributed by atoms with E-state index < -0.39 is 18.3 Å². The molecule has 11 nitrogen and oxygen atoms in total. The first-order valence-corrected chi connectivity index (χ1v) is 12.9. The van der Waals surface area contributed by atoms with Gasteiger partial charge in [0.05, 0.1) is 18.2 Å². The zero-order valence-electron chi connectivity index (χ0n) is 23.2. The summed E-state index contributed by atoms with van der Waals surface area (Å²) < 4.78 is 11.9. The van der Waals surface area contributed by atoms with Gasteiger partial charge < -0.3 is 40.9 Å². The Hall–Kier alpha value is -2.24. The molecule has 4 atom stereocenters. The number of unbranched alkanes of at least 4 members (excludes halogenated alkanes) is 2. The normalized spacial score (nSPS) is 20.5. The number of hydrogen-bond donors (Lipinski definition) is 4. The maximum atomic E-state index is 13.0. The summed E-state index contributed by atoms with van der Waals surface area (Å²) in [6.07, 6.45) is 4.15. The number of rotatable bonds is 14. The highest BCUT2D eigenvalue weighted by atomic mass is 16.5. The van der Waals surface area contributed by atoms with E-state index in [0.717, 1.165) is 25.7 Å². The Kier molecular flexibility index (Phi) is 13.9. The maximum absolute atomic E-state index is 13.0. The molecule has 1 heterocycles. The zero-order valence-corrected chi connectivity index (χ0v) is 23.2. The van der Waals surface area contributed by atoms with Crippen LogP contribution in [0.1, 0.15) is 73.1 Å². The molecule has 0 bridgehead atoms. The summed E-state index contributed by atoms with van der Waals surface area (Å²) >= 11 is 0. The molecule has 0 radical (unpaired) electrons. The predicted octanol–water partition coefficient (Wildman–Crippen LogP) is 0.911. The number of piperidine rings is 1. The molecule has 0 aromatic heterocycles. The number of carbonyl (C=O) groups is 3. The predicted molar refractivity (Wildman–Crippen MR) is 140 cm³/mol. The highest BCUT2D eigenvalue weighted by Crippen LogP contribution is 2.20. The molecule has 11 heteroatoms. The summed E-state index contributed by atoms with van der Waals surface area (Å²) in [7, 11) is 3.30. The Bertz CT molecular complexity index is 739. The molecule has 1 fully saturated rings. The van der Waals surface area contributed by atoms with Crippen molar-refractivity contribution in [3.63, 3.8) is 0 Å². The third-order valence-corrected chi connectivity index (χ3v) is 5.98. The van der Waals surface area contributed by atoms with Crippen molar-refractivity contribution in [1.82, 2.24) is 20.9 Å². The van der Waals surface area contributed by atoms with Crippen molar-refractivity contribution in [2.75, 3.05) is 33.9 Å². The first-order chi connectivity index (χ1) is 16.9. The van der Waals surface area contributed by atoms with Crippen LogP contribution in [0.3, 0.4) is 0 Å². The SMILES string of the molecule is CN=C(N)N1CCCC(NC(=O)[C@H](C)NC(=O)[C@@H](COC(C)(C)C)NC)C1OCCCCCC(C)=O. The largest absolute Gasteiger partial charge is 0.374 e. The lowest BCUT2D eigenvalue weighted by Crippen LogP contribution is -2.62. The van der Waals surface area contributed by atoms with Crippen molar-refractivity contribution in [3.05, 3.63) is 0 Å². The van der Waals surface area contributed by atoms with Gasteiger partial charge in [-0.3, -0.25) is 14.6 Å². The van der Waals surface area contributed by atoms with Crippen LogP contribution in [0.15, 0.2) is 4.99 Å². The first kappa shape index (κ1) is 31.8. The number of nitrogens with zero attached hydrogens (tertiary/aromatic N) is 2. The fraction of sp³-hybridized carbons (Fsp3) is 0.840. The van der Waals surface area contributed by atoms with Gasteiger partial charge in [-0.05, 0) is 67.3 Å². The number of likely N-dealkylation sites (N-methyl/N-ethyl adjacent to an activating group) is 1. The highest BCUT2D eigenvalue weighted by Gasteiger charge is 2.35. The van der Waals surface area contributed by atoms with Crippen molar-refractivity contribution in [2.45, 2.75) is 103 Å². The van der Waals surface area contributed by atoms with E-state index in [1.807, 2.05) is 25.7 Å². The van der Waals surface area contributed by atoms with Gasteiger partial charge in [-0.15, -0.1) is 0 Å². The van der Waals surface area contributed by atoms with E-state index >= 15 is 0 Å². The van der Waals surface area contributed by atoms with Crippen molar-refractivity contribution >= 4 is 23.6 Å². The molecule has 0 aromatic carbocycles. The second kappa shape index (κ2) is 15.8. The summed E-state index contributed by atoms with van der Waals surface area (Å²) in [5.74, 6) is -0.0695. The number of nitrogens with two attached hydrogens (primary N) is 1. The Balaban J connectivity index is 2.73. The molecular weight excluding hydrogens is 464 g/mol. The van der Waals surface area contributed by atoms with Crippen molar-refractivity contribution in [2.24, 2.45) is 10.7 Å². The second-order valence-electron chi connectivity index (χ2n) is 10.3. The Labute approximate surface area is 216 Å². The van der Waals surface area contributed by atoms with Crippen LogP contribution in [0.25, 0.3) is 0 Å². The second-order valence-corrected chi connectivity index (χ2v) is 10.3. The van der Waals surface area contributed by atoms with Gasteiger partial charge in [0.2, 0.25) is 11.8 Å². The number of Topliss-reactive ketones (excluding diaryl/α,β-unsaturated/α-hetero) is 1. The molecular formula is C25H48N6O5. The fourth-order valence-electron chi connectivity index (χ4n) is 3.86. The standard InChI is InChI=1S/C25H48N6O5/c1-17(32)12-9-8-10-15-35-23-19(13-11-14-31(23)24(26)28-7)30-21(33)18(2)29-22(34)20(27-6)16-36-25(3,4)5/h18-20,23,27H,8-16H2,1-7H3,(H2,26,28)(H,29,34)(H,30,33)/t18-,19?,20+,23?/m0/s1. The number of ketones is 1. The summed E-state index contributed by atoms with van der Waals surface area (Å²) in [5.41, 5.74) is 5.74. The summed E-state index contributed by atoms with van der Waals surface area (Å²) in [6.45, 7) is 10.3. The summed E-state index contributed by atoms with van der Waals surface area (Å²) in [5, 5.41) is 8.74. The Morgan fingerprint density at radius 2 is 1.86 bits per heavy atom. The number of aliphatic imine (C=N–C) groups is 1. The van der Waals surface area contributed by atoms with E-state index in [-0.39, 0.29) is 35.8 Å². The molecule has 0 saturated carbocycles. The van der Waals surface area contributed by atoms with Gasteiger partial charge in [0.15, 0.2) is 12.2 Å². The van der Waals surface area contributed by atoms with Gasteiger partial charge in [-0.25, -0.2) is 0 Å². The summed E-state index contributed by atoms with van der Waals surface area (Å²) in [6, 6.07) is -1.64. The fourth-order valence-corrected chi connectivity index (χ4v) is 3.86. The zero-order chi connectivity index (χ0) is 27.3. The molecule has 208 valence electrons. The lowest BCUT2D eigenvalue weighted by atomic mass is 10.0. The number of ether oxygens (including phenoxy) is 2. The smallest absolute Gasteiger partial charge is 0.242 e. The van der Waals surface area contributed by atoms with Crippen LogP contribution in [0.2, 0.25) is 0 Å². The third-order valence-electron chi connectivity index (χ3n) is 5.98. The van der Waals surface area contributed by atoms with Crippen molar-refractivity contribution < 1.29 is 23.9 Å². The van der Waals surface area contributed by atoms with Crippen LogP contribution in [-0.4, -0.2) is 92.3 Å². The average molecular weight is 513 g/mol. The maximum Gasteiger partial charge on any atom is 0.242 e. The number of hydrogen-bond acceptors (Lipinski definition) is 7. The minimum absolute atomic E-state index is 0.188. The van der Waals surface area contributed by atoms with Crippen LogP contribution < -0.4 is 21.7 Å². The van der Waals surface area contributed by atoms with E-state index in [0.29, 0.717) is 32.0 Å². The number of nitrogens with one attached hydrogen (secondary N) is 3. The van der Waals surface area contributed by atoms with Crippen LogP contribution in [0.4, 0.5) is 0 Å². The monoisotopic (exact) mass is 512 g/mol.